The Kier molecular flexibility index (Phi) is 3.87. The van der Waals surface area contributed by atoms with Gasteiger partial charge in [0.2, 0.25) is 0 Å². The Morgan fingerprint density at radius 1 is 1.50 bits per heavy atom. The summed E-state index contributed by atoms with van der Waals surface area (Å²) in [6, 6.07) is 5.70. The molecule has 0 spiro atoms. The fourth-order valence-electron chi connectivity index (χ4n) is 2.57. The first-order valence-electron chi connectivity index (χ1n) is 6.29. The van der Waals surface area contributed by atoms with Crippen molar-refractivity contribution in [3.05, 3.63) is 29.3 Å². The molecule has 0 aromatic heterocycles. The van der Waals surface area contributed by atoms with E-state index < -0.39 is 0 Å². The first kappa shape index (κ1) is 12.9. The van der Waals surface area contributed by atoms with Gasteiger partial charge in [0.05, 0.1) is 12.6 Å². The quantitative estimate of drug-likeness (QED) is 0.830. The van der Waals surface area contributed by atoms with E-state index in [0.717, 1.165) is 24.9 Å². The van der Waals surface area contributed by atoms with E-state index in [-0.39, 0.29) is 11.9 Å². The molecule has 0 unspecified atom stereocenters. The van der Waals surface area contributed by atoms with E-state index >= 15 is 0 Å². The lowest BCUT2D eigenvalue weighted by Gasteiger charge is -2.24. The van der Waals surface area contributed by atoms with Gasteiger partial charge in [-0.2, -0.15) is 0 Å². The van der Waals surface area contributed by atoms with Gasteiger partial charge in [-0.3, -0.25) is 4.79 Å². The number of benzene rings is 1. The third kappa shape index (κ3) is 2.64. The second-order valence-electron chi connectivity index (χ2n) is 4.88. The Hall–Kier alpha value is -1.55. The fourth-order valence-corrected chi connectivity index (χ4v) is 2.57. The SMILES string of the molecule is COC[C@H]1CCCN1C(=O)c1cc(C)cc(N)c1. The Morgan fingerprint density at radius 2 is 2.28 bits per heavy atom. The highest BCUT2D eigenvalue weighted by molar-refractivity contribution is 5.95. The number of likely N-dealkylation sites (tertiary alicyclic amines) is 1. The number of nitrogen functional groups attached to an aromatic ring is 1. The van der Waals surface area contributed by atoms with Crippen LogP contribution >= 0.6 is 0 Å². The zero-order valence-electron chi connectivity index (χ0n) is 11.0. The molecule has 1 saturated heterocycles. The molecule has 0 aliphatic carbocycles. The van der Waals surface area contributed by atoms with Crippen molar-refractivity contribution >= 4 is 11.6 Å². The number of anilines is 1. The highest BCUT2D eigenvalue weighted by atomic mass is 16.5. The van der Waals surface area contributed by atoms with Crippen molar-refractivity contribution in [3.63, 3.8) is 0 Å². The van der Waals surface area contributed by atoms with Crippen molar-refractivity contribution in [1.29, 1.82) is 0 Å². The third-order valence-corrected chi connectivity index (χ3v) is 3.34. The van der Waals surface area contributed by atoms with Crippen LogP contribution < -0.4 is 5.73 Å². The molecule has 0 saturated carbocycles. The van der Waals surface area contributed by atoms with Crippen LogP contribution in [0, 0.1) is 6.92 Å². The molecule has 1 aliphatic rings. The molecule has 4 nitrogen and oxygen atoms in total. The summed E-state index contributed by atoms with van der Waals surface area (Å²) in [7, 11) is 1.67. The lowest BCUT2D eigenvalue weighted by Crippen LogP contribution is -2.38. The minimum Gasteiger partial charge on any atom is -0.399 e. The number of amides is 1. The van der Waals surface area contributed by atoms with Gasteiger partial charge >= 0.3 is 0 Å². The van der Waals surface area contributed by atoms with Crippen molar-refractivity contribution in [2.75, 3.05) is 26.0 Å². The first-order valence-corrected chi connectivity index (χ1v) is 6.29. The van der Waals surface area contributed by atoms with E-state index in [2.05, 4.69) is 0 Å². The van der Waals surface area contributed by atoms with Gasteiger partial charge in [-0.15, -0.1) is 0 Å². The minimum absolute atomic E-state index is 0.0601. The van der Waals surface area contributed by atoms with Crippen LogP contribution in [0.2, 0.25) is 0 Å². The van der Waals surface area contributed by atoms with E-state index in [1.54, 1.807) is 13.2 Å². The molecule has 1 aromatic carbocycles. The van der Waals surface area contributed by atoms with Crippen molar-refractivity contribution in [3.8, 4) is 0 Å². The Bertz CT molecular complexity index is 425. The number of nitrogens with two attached hydrogens (primary N) is 1. The molecule has 1 aliphatic heterocycles. The molecule has 0 radical (unpaired) electrons. The summed E-state index contributed by atoms with van der Waals surface area (Å²) < 4.78 is 5.17. The van der Waals surface area contributed by atoms with Gasteiger partial charge in [0.1, 0.15) is 0 Å². The van der Waals surface area contributed by atoms with E-state index in [0.29, 0.717) is 17.9 Å². The van der Waals surface area contributed by atoms with Gasteiger partial charge < -0.3 is 15.4 Å². The predicted molar refractivity (Wildman–Crippen MR) is 71.5 cm³/mol. The van der Waals surface area contributed by atoms with Gasteiger partial charge in [-0.1, -0.05) is 0 Å². The van der Waals surface area contributed by atoms with Gasteiger partial charge in [0.15, 0.2) is 0 Å². The number of carbonyl (C=O) groups excluding carboxylic acids is 1. The number of rotatable bonds is 3. The highest BCUT2D eigenvalue weighted by Gasteiger charge is 2.29. The minimum atomic E-state index is 0.0601. The third-order valence-electron chi connectivity index (χ3n) is 3.34. The molecule has 2 N–H and O–H groups in total. The summed E-state index contributed by atoms with van der Waals surface area (Å²) in [6.07, 6.45) is 2.06. The molecule has 1 amide bonds. The molecule has 4 heteroatoms. The monoisotopic (exact) mass is 248 g/mol. The molecular formula is C14H20N2O2. The van der Waals surface area contributed by atoms with Crippen LogP contribution in [0.15, 0.2) is 18.2 Å². The summed E-state index contributed by atoms with van der Waals surface area (Å²) in [5, 5.41) is 0. The van der Waals surface area contributed by atoms with Gasteiger partial charge in [-0.05, 0) is 43.5 Å². The second-order valence-corrected chi connectivity index (χ2v) is 4.88. The van der Waals surface area contributed by atoms with E-state index in [1.165, 1.54) is 0 Å². The average Bonchev–Trinajstić information content (AvgIpc) is 2.75. The number of hydrogen-bond acceptors (Lipinski definition) is 3. The molecule has 18 heavy (non-hydrogen) atoms. The lowest BCUT2D eigenvalue weighted by atomic mass is 10.1. The van der Waals surface area contributed by atoms with Gasteiger partial charge in [0.25, 0.3) is 5.91 Å². The van der Waals surface area contributed by atoms with Crippen molar-refractivity contribution in [2.45, 2.75) is 25.8 Å². The molecule has 0 bridgehead atoms. The standard InChI is InChI=1S/C14H20N2O2/c1-10-6-11(8-12(15)7-10)14(17)16-5-3-4-13(16)9-18-2/h6-8,13H,3-5,9,15H2,1-2H3/t13-/m1/s1. The number of carbonyl (C=O) groups is 1. The van der Waals surface area contributed by atoms with Crippen LogP contribution in [0.3, 0.4) is 0 Å². The summed E-state index contributed by atoms with van der Waals surface area (Å²) in [4.78, 5) is 14.4. The molecule has 98 valence electrons. The van der Waals surface area contributed by atoms with Crippen molar-refractivity contribution in [1.82, 2.24) is 4.90 Å². The maximum absolute atomic E-state index is 12.5. The summed E-state index contributed by atoms with van der Waals surface area (Å²) in [6.45, 7) is 3.36. The zero-order valence-corrected chi connectivity index (χ0v) is 11.0. The second kappa shape index (κ2) is 5.40. The highest BCUT2D eigenvalue weighted by Crippen LogP contribution is 2.21. The van der Waals surface area contributed by atoms with Gasteiger partial charge in [-0.25, -0.2) is 0 Å². The van der Waals surface area contributed by atoms with Crippen LogP contribution in [0.1, 0.15) is 28.8 Å². The molecule has 2 rings (SSSR count). The van der Waals surface area contributed by atoms with E-state index in [1.807, 2.05) is 24.0 Å². The van der Waals surface area contributed by atoms with Crippen LogP contribution in [-0.2, 0) is 4.74 Å². The first-order chi connectivity index (χ1) is 8.61. The lowest BCUT2D eigenvalue weighted by molar-refractivity contribution is 0.0630. The maximum atomic E-state index is 12.5. The summed E-state index contributed by atoms with van der Waals surface area (Å²) in [5.74, 6) is 0.0601. The molecule has 1 atom stereocenters. The van der Waals surface area contributed by atoms with E-state index in [4.69, 9.17) is 10.5 Å². The number of hydrogen-bond donors (Lipinski definition) is 1. The number of aryl methyl sites for hydroxylation is 1. The van der Waals surface area contributed by atoms with Crippen LogP contribution in [0.4, 0.5) is 5.69 Å². The Labute approximate surface area is 108 Å². The van der Waals surface area contributed by atoms with Crippen molar-refractivity contribution in [2.24, 2.45) is 0 Å². The van der Waals surface area contributed by atoms with Crippen LogP contribution in [0.25, 0.3) is 0 Å². The maximum Gasteiger partial charge on any atom is 0.254 e. The van der Waals surface area contributed by atoms with Crippen LogP contribution in [-0.4, -0.2) is 37.1 Å². The average molecular weight is 248 g/mol. The Balaban J connectivity index is 2.19. The topological polar surface area (TPSA) is 55.6 Å². The molecule has 1 heterocycles. The molecule has 1 aromatic rings. The van der Waals surface area contributed by atoms with Gasteiger partial charge in [0, 0.05) is 24.9 Å². The number of methoxy groups -OCH3 is 1. The fraction of sp³-hybridized carbons (Fsp3) is 0.500. The largest absolute Gasteiger partial charge is 0.399 e. The normalized spacial score (nSPS) is 19.2. The van der Waals surface area contributed by atoms with Crippen molar-refractivity contribution < 1.29 is 9.53 Å². The number of nitrogens with zero attached hydrogens (tertiary/aromatic N) is 1. The zero-order chi connectivity index (χ0) is 13.1. The number of ether oxygens (including phenoxy) is 1. The summed E-state index contributed by atoms with van der Waals surface area (Å²) >= 11 is 0. The Morgan fingerprint density at radius 3 is 2.94 bits per heavy atom. The molecular weight excluding hydrogens is 228 g/mol. The predicted octanol–water partition coefficient (Wildman–Crippen LogP) is 1.83. The van der Waals surface area contributed by atoms with Crippen LogP contribution in [0.5, 0.6) is 0 Å². The summed E-state index contributed by atoms with van der Waals surface area (Å²) in [5.41, 5.74) is 8.12. The molecule has 1 fully saturated rings. The smallest absolute Gasteiger partial charge is 0.254 e. The van der Waals surface area contributed by atoms with E-state index in [9.17, 15) is 4.79 Å².